The average Bonchev–Trinajstić information content (AvgIpc) is 3.02. The van der Waals surface area contributed by atoms with E-state index in [4.69, 9.17) is 4.74 Å². The molecule has 2 amide bonds. The number of carbonyl (C=O) groups is 2. The SMILES string of the molecule is COc1ccc(NC(C)=O)cc1NC(=O)C1CN(c2ncnc3c2nnn3C)C1. The first-order valence-corrected chi connectivity index (χ1v) is 8.98. The molecule has 150 valence electrons. The van der Waals surface area contributed by atoms with Crippen LogP contribution in [0.2, 0.25) is 0 Å². The molecule has 1 saturated heterocycles. The maximum Gasteiger partial charge on any atom is 0.231 e. The summed E-state index contributed by atoms with van der Waals surface area (Å²) < 4.78 is 6.89. The van der Waals surface area contributed by atoms with Crippen LogP contribution in [-0.4, -0.2) is 57.0 Å². The van der Waals surface area contributed by atoms with Crippen molar-refractivity contribution >= 4 is 40.2 Å². The van der Waals surface area contributed by atoms with Crippen molar-refractivity contribution < 1.29 is 14.3 Å². The van der Waals surface area contributed by atoms with Gasteiger partial charge in [0.1, 0.15) is 12.1 Å². The molecule has 3 heterocycles. The number of ether oxygens (including phenoxy) is 1. The average molecular weight is 396 g/mol. The van der Waals surface area contributed by atoms with Crippen LogP contribution in [0.4, 0.5) is 17.2 Å². The van der Waals surface area contributed by atoms with E-state index in [-0.39, 0.29) is 17.7 Å². The lowest BCUT2D eigenvalue weighted by Gasteiger charge is -2.38. The van der Waals surface area contributed by atoms with Crippen LogP contribution in [0.3, 0.4) is 0 Å². The summed E-state index contributed by atoms with van der Waals surface area (Å²) in [6.45, 7) is 2.43. The lowest BCUT2D eigenvalue weighted by atomic mass is 9.99. The second kappa shape index (κ2) is 7.34. The molecule has 29 heavy (non-hydrogen) atoms. The van der Waals surface area contributed by atoms with Crippen LogP contribution in [0.15, 0.2) is 24.5 Å². The van der Waals surface area contributed by atoms with E-state index in [9.17, 15) is 9.59 Å². The molecule has 2 N–H and O–H groups in total. The number of hydrogen-bond donors (Lipinski definition) is 2. The normalized spacial score (nSPS) is 13.8. The Labute approximate surface area is 166 Å². The minimum Gasteiger partial charge on any atom is -0.495 e. The van der Waals surface area contributed by atoms with Crippen molar-refractivity contribution in [2.75, 3.05) is 35.7 Å². The molecule has 2 aromatic heterocycles. The lowest BCUT2D eigenvalue weighted by Crippen LogP contribution is -2.52. The Kier molecular flexibility index (Phi) is 4.71. The van der Waals surface area contributed by atoms with Crippen LogP contribution in [-0.2, 0) is 16.6 Å². The molecule has 1 aromatic carbocycles. The number of amides is 2. The van der Waals surface area contributed by atoms with Crippen molar-refractivity contribution in [1.82, 2.24) is 25.0 Å². The zero-order chi connectivity index (χ0) is 20.5. The number of anilines is 3. The van der Waals surface area contributed by atoms with E-state index in [2.05, 4.69) is 30.9 Å². The number of methoxy groups -OCH3 is 1. The molecule has 0 bridgehead atoms. The summed E-state index contributed by atoms with van der Waals surface area (Å²) in [7, 11) is 3.29. The van der Waals surface area contributed by atoms with Crippen LogP contribution < -0.4 is 20.3 Å². The highest BCUT2D eigenvalue weighted by molar-refractivity contribution is 5.97. The summed E-state index contributed by atoms with van der Waals surface area (Å²) in [4.78, 5) is 34.4. The zero-order valence-corrected chi connectivity index (χ0v) is 16.2. The summed E-state index contributed by atoms with van der Waals surface area (Å²) in [6, 6.07) is 5.07. The Bertz CT molecular complexity index is 1090. The van der Waals surface area contributed by atoms with Gasteiger partial charge in [-0.15, -0.1) is 5.10 Å². The molecule has 1 fully saturated rings. The van der Waals surface area contributed by atoms with Gasteiger partial charge in [-0.05, 0) is 18.2 Å². The fraction of sp³-hybridized carbons (Fsp3) is 0.333. The van der Waals surface area contributed by atoms with Gasteiger partial charge in [0.15, 0.2) is 17.0 Å². The third-order valence-corrected chi connectivity index (χ3v) is 4.70. The second-order valence-corrected chi connectivity index (χ2v) is 6.77. The van der Waals surface area contributed by atoms with Gasteiger partial charge in [0.25, 0.3) is 0 Å². The van der Waals surface area contributed by atoms with Crippen LogP contribution in [0, 0.1) is 5.92 Å². The van der Waals surface area contributed by atoms with E-state index >= 15 is 0 Å². The molecule has 4 rings (SSSR count). The summed E-state index contributed by atoms with van der Waals surface area (Å²) in [5, 5.41) is 13.7. The predicted molar refractivity (Wildman–Crippen MR) is 106 cm³/mol. The molecule has 0 saturated carbocycles. The van der Waals surface area contributed by atoms with Gasteiger partial charge in [-0.2, -0.15) is 0 Å². The van der Waals surface area contributed by atoms with Crippen molar-refractivity contribution in [3.8, 4) is 5.75 Å². The molecule has 0 unspecified atom stereocenters. The summed E-state index contributed by atoms with van der Waals surface area (Å²) in [5.74, 6) is 0.634. The summed E-state index contributed by atoms with van der Waals surface area (Å²) in [5.41, 5.74) is 2.33. The minimum atomic E-state index is -0.217. The van der Waals surface area contributed by atoms with Gasteiger partial charge in [-0.3, -0.25) is 9.59 Å². The number of benzene rings is 1. The van der Waals surface area contributed by atoms with Crippen molar-refractivity contribution in [3.05, 3.63) is 24.5 Å². The van der Waals surface area contributed by atoms with E-state index in [0.717, 1.165) is 0 Å². The van der Waals surface area contributed by atoms with Gasteiger partial charge in [0, 0.05) is 32.7 Å². The maximum absolute atomic E-state index is 12.7. The zero-order valence-electron chi connectivity index (χ0n) is 16.2. The maximum atomic E-state index is 12.7. The van der Waals surface area contributed by atoms with E-state index in [1.165, 1.54) is 20.4 Å². The quantitative estimate of drug-likeness (QED) is 0.648. The molecule has 0 spiro atoms. The van der Waals surface area contributed by atoms with Crippen LogP contribution in [0.1, 0.15) is 6.92 Å². The Morgan fingerprint density at radius 3 is 2.72 bits per heavy atom. The molecule has 11 heteroatoms. The van der Waals surface area contributed by atoms with Gasteiger partial charge < -0.3 is 20.3 Å². The second-order valence-electron chi connectivity index (χ2n) is 6.77. The molecule has 11 nitrogen and oxygen atoms in total. The van der Waals surface area contributed by atoms with Gasteiger partial charge in [-0.1, -0.05) is 5.21 Å². The highest BCUT2D eigenvalue weighted by Crippen LogP contribution is 2.31. The van der Waals surface area contributed by atoms with E-state index in [1.807, 2.05) is 4.90 Å². The molecule has 0 atom stereocenters. The first-order valence-electron chi connectivity index (χ1n) is 8.98. The fourth-order valence-electron chi connectivity index (χ4n) is 3.21. The first kappa shape index (κ1) is 18.6. The Hall–Kier alpha value is -3.76. The van der Waals surface area contributed by atoms with Crippen LogP contribution in [0.25, 0.3) is 11.2 Å². The minimum absolute atomic E-state index is 0.135. The Morgan fingerprint density at radius 2 is 2.00 bits per heavy atom. The van der Waals surface area contributed by atoms with E-state index < -0.39 is 0 Å². The van der Waals surface area contributed by atoms with Gasteiger partial charge in [0.05, 0.1) is 18.7 Å². The summed E-state index contributed by atoms with van der Waals surface area (Å²) >= 11 is 0. The molecule has 1 aliphatic heterocycles. The standard InChI is InChI=1S/C18H20N8O3/c1-10(27)21-12-4-5-14(29-3)13(6-12)22-18(28)11-7-26(8-11)17-15-16(19-9-20-17)25(2)24-23-15/h4-6,9,11H,7-8H2,1-3H3,(H,21,27)(H,22,28). The molecular formula is C18H20N8O3. The number of fused-ring (bicyclic) bond motifs is 1. The van der Waals surface area contributed by atoms with Crippen molar-refractivity contribution in [2.45, 2.75) is 6.92 Å². The Morgan fingerprint density at radius 1 is 1.21 bits per heavy atom. The number of nitrogens with one attached hydrogen (secondary N) is 2. The number of rotatable bonds is 5. The first-order chi connectivity index (χ1) is 14.0. The topological polar surface area (TPSA) is 127 Å². The largest absolute Gasteiger partial charge is 0.495 e. The number of aromatic nitrogens is 5. The third-order valence-electron chi connectivity index (χ3n) is 4.70. The van der Waals surface area contributed by atoms with E-state index in [0.29, 0.717) is 47.2 Å². The van der Waals surface area contributed by atoms with Gasteiger partial charge >= 0.3 is 0 Å². The van der Waals surface area contributed by atoms with Crippen LogP contribution >= 0.6 is 0 Å². The van der Waals surface area contributed by atoms with Crippen molar-refractivity contribution in [2.24, 2.45) is 13.0 Å². The van der Waals surface area contributed by atoms with Crippen molar-refractivity contribution in [3.63, 3.8) is 0 Å². The van der Waals surface area contributed by atoms with Crippen molar-refractivity contribution in [1.29, 1.82) is 0 Å². The number of hydrogen-bond acceptors (Lipinski definition) is 8. The fourth-order valence-corrected chi connectivity index (χ4v) is 3.21. The molecule has 0 radical (unpaired) electrons. The molecule has 1 aliphatic rings. The van der Waals surface area contributed by atoms with Crippen LogP contribution in [0.5, 0.6) is 5.75 Å². The smallest absolute Gasteiger partial charge is 0.231 e. The summed E-state index contributed by atoms with van der Waals surface area (Å²) in [6.07, 6.45) is 1.47. The monoisotopic (exact) mass is 396 g/mol. The lowest BCUT2D eigenvalue weighted by molar-refractivity contribution is -0.120. The number of carbonyl (C=O) groups excluding carboxylic acids is 2. The molecular weight excluding hydrogens is 376 g/mol. The molecule has 0 aliphatic carbocycles. The highest BCUT2D eigenvalue weighted by Gasteiger charge is 2.35. The predicted octanol–water partition coefficient (Wildman–Crippen LogP) is 0.800. The van der Waals surface area contributed by atoms with E-state index in [1.54, 1.807) is 29.9 Å². The Balaban J connectivity index is 1.45. The highest BCUT2D eigenvalue weighted by atomic mass is 16.5. The molecule has 3 aromatic rings. The van der Waals surface area contributed by atoms with Gasteiger partial charge in [-0.25, -0.2) is 14.6 Å². The number of nitrogens with zero attached hydrogens (tertiary/aromatic N) is 6. The van der Waals surface area contributed by atoms with Gasteiger partial charge in [0.2, 0.25) is 11.8 Å². The third kappa shape index (κ3) is 3.53. The number of aryl methyl sites for hydroxylation is 1.